The molecule has 0 bridgehead atoms. The van der Waals surface area contributed by atoms with Crippen molar-refractivity contribution in [2.24, 2.45) is 5.92 Å². The summed E-state index contributed by atoms with van der Waals surface area (Å²) in [5, 5.41) is 2.75. The van der Waals surface area contributed by atoms with Gasteiger partial charge >= 0.3 is 0 Å². The minimum atomic E-state index is -0.915. The summed E-state index contributed by atoms with van der Waals surface area (Å²) in [6.45, 7) is 4.55. The summed E-state index contributed by atoms with van der Waals surface area (Å²) in [7, 11) is 3.77. The summed E-state index contributed by atoms with van der Waals surface area (Å²) >= 11 is 0. The number of nitrogens with one attached hydrogen (secondary N) is 1. The number of hydrogen-bond acceptors (Lipinski definition) is 3. The summed E-state index contributed by atoms with van der Waals surface area (Å²) in [4.78, 5) is 14.0. The first kappa shape index (κ1) is 16.4. The van der Waals surface area contributed by atoms with E-state index in [1.807, 2.05) is 32.8 Å². The quantitative estimate of drug-likeness (QED) is 0.812. The van der Waals surface area contributed by atoms with Crippen LogP contribution < -0.4 is 11.1 Å². The van der Waals surface area contributed by atoms with E-state index in [9.17, 15) is 13.6 Å². The molecule has 0 heterocycles. The van der Waals surface area contributed by atoms with Gasteiger partial charge in [0.05, 0.1) is 11.3 Å². The smallest absolute Gasteiger partial charge is 0.254 e. The molecule has 1 aromatic carbocycles. The Labute approximate surface area is 117 Å². The fraction of sp³-hybridized carbons (Fsp3) is 0.500. The Morgan fingerprint density at radius 2 is 1.90 bits per heavy atom. The van der Waals surface area contributed by atoms with E-state index in [1.165, 1.54) is 0 Å². The van der Waals surface area contributed by atoms with Crippen LogP contribution in [-0.4, -0.2) is 37.5 Å². The van der Waals surface area contributed by atoms with Crippen molar-refractivity contribution < 1.29 is 13.6 Å². The summed E-state index contributed by atoms with van der Waals surface area (Å²) < 4.78 is 26.7. The molecule has 3 N–H and O–H groups in total. The average Bonchev–Trinajstić information content (AvgIpc) is 2.32. The predicted octanol–water partition coefficient (Wildman–Crippen LogP) is 1.86. The van der Waals surface area contributed by atoms with Gasteiger partial charge in [0.1, 0.15) is 11.6 Å². The topological polar surface area (TPSA) is 58.4 Å². The first-order chi connectivity index (χ1) is 9.22. The van der Waals surface area contributed by atoms with Crippen molar-refractivity contribution in [2.75, 3.05) is 26.4 Å². The van der Waals surface area contributed by atoms with Crippen molar-refractivity contribution in [2.45, 2.75) is 19.9 Å². The first-order valence-corrected chi connectivity index (χ1v) is 6.42. The SMILES string of the molecule is CC(C)C(CN(C)C)NC(=O)c1cc(N)c(F)cc1F. The Balaban J connectivity index is 2.92. The van der Waals surface area contributed by atoms with Crippen LogP contribution in [0.3, 0.4) is 0 Å². The van der Waals surface area contributed by atoms with Crippen LogP contribution in [0, 0.1) is 17.6 Å². The third kappa shape index (κ3) is 4.16. The largest absolute Gasteiger partial charge is 0.396 e. The molecule has 4 nitrogen and oxygen atoms in total. The number of nitrogen functional groups attached to an aromatic ring is 1. The Morgan fingerprint density at radius 3 is 2.40 bits per heavy atom. The molecular formula is C14H21F2N3O. The second-order valence-corrected chi connectivity index (χ2v) is 5.44. The zero-order chi connectivity index (χ0) is 15.4. The van der Waals surface area contributed by atoms with Gasteiger partial charge in [-0.15, -0.1) is 0 Å². The predicted molar refractivity (Wildman–Crippen MR) is 75.4 cm³/mol. The second kappa shape index (κ2) is 6.65. The van der Waals surface area contributed by atoms with Crippen LogP contribution in [0.2, 0.25) is 0 Å². The van der Waals surface area contributed by atoms with Crippen LogP contribution in [0.4, 0.5) is 14.5 Å². The minimum Gasteiger partial charge on any atom is -0.396 e. The maximum absolute atomic E-state index is 13.6. The second-order valence-electron chi connectivity index (χ2n) is 5.44. The Bertz CT molecular complexity index is 490. The number of benzene rings is 1. The molecule has 1 atom stereocenters. The third-order valence-electron chi connectivity index (χ3n) is 3.01. The van der Waals surface area contributed by atoms with Gasteiger partial charge in [0.15, 0.2) is 0 Å². The molecule has 1 rings (SSSR count). The fourth-order valence-corrected chi connectivity index (χ4v) is 1.80. The van der Waals surface area contributed by atoms with Crippen molar-refractivity contribution >= 4 is 11.6 Å². The van der Waals surface area contributed by atoms with E-state index in [4.69, 9.17) is 5.73 Å². The van der Waals surface area contributed by atoms with Crippen LogP contribution >= 0.6 is 0 Å². The van der Waals surface area contributed by atoms with E-state index < -0.39 is 17.5 Å². The van der Waals surface area contributed by atoms with Crippen LogP contribution in [0.5, 0.6) is 0 Å². The number of carbonyl (C=O) groups excluding carboxylic acids is 1. The maximum Gasteiger partial charge on any atom is 0.254 e. The number of likely N-dealkylation sites (N-methyl/N-ethyl adjacent to an activating group) is 1. The number of rotatable bonds is 5. The summed E-state index contributed by atoms with van der Waals surface area (Å²) in [6, 6.07) is 1.51. The molecule has 0 fully saturated rings. The number of carbonyl (C=O) groups is 1. The van der Waals surface area contributed by atoms with Gasteiger partial charge in [-0.05, 0) is 26.1 Å². The van der Waals surface area contributed by atoms with Gasteiger partial charge in [-0.1, -0.05) is 13.8 Å². The normalized spacial score (nSPS) is 12.8. The average molecular weight is 285 g/mol. The van der Waals surface area contributed by atoms with Gasteiger partial charge in [0.25, 0.3) is 5.91 Å². The molecule has 112 valence electrons. The van der Waals surface area contributed by atoms with Gasteiger partial charge in [-0.3, -0.25) is 4.79 Å². The van der Waals surface area contributed by atoms with Crippen LogP contribution in [0.1, 0.15) is 24.2 Å². The molecule has 0 saturated carbocycles. The summed E-state index contributed by atoms with van der Waals surface area (Å²) in [5.74, 6) is -2.19. The molecule has 1 amide bonds. The van der Waals surface area contributed by atoms with Crippen LogP contribution in [0.25, 0.3) is 0 Å². The van der Waals surface area contributed by atoms with E-state index in [2.05, 4.69) is 5.32 Å². The molecule has 0 aromatic heterocycles. The molecule has 0 radical (unpaired) electrons. The van der Waals surface area contributed by atoms with E-state index in [0.717, 1.165) is 6.07 Å². The zero-order valence-electron chi connectivity index (χ0n) is 12.2. The Kier molecular flexibility index (Phi) is 5.44. The molecule has 1 unspecified atom stereocenters. The van der Waals surface area contributed by atoms with Gasteiger partial charge in [-0.2, -0.15) is 0 Å². The highest BCUT2D eigenvalue weighted by atomic mass is 19.1. The highest BCUT2D eigenvalue weighted by Crippen LogP contribution is 2.17. The lowest BCUT2D eigenvalue weighted by Gasteiger charge is -2.25. The van der Waals surface area contributed by atoms with E-state index >= 15 is 0 Å². The van der Waals surface area contributed by atoms with Gasteiger partial charge in [0.2, 0.25) is 0 Å². The molecule has 0 saturated heterocycles. The molecule has 6 heteroatoms. The number of amides is 1. The Hall–Kier alpha value is -1.69. The molecule has 0 spiro atoms. The first-order valence-electron chi connectivity index (χ1n) is 6.42. The number of nitrogens with two attached hydrogens (primary N) is 1. The summed E-state index contributed by atoms with van der Waals surface area (Å²) in [6.07, 6.45) is 0. The van der Waals surface area contributed by atoms with Crippen molar-refractivity contribution in [1.29, 1.82) is 0 Å². The zero-order valence-corrected chi connectivity index (χ0v) is 12.2. The third-order valence-corrected chi connectivity index (χ3v) is 3.01. The highest BCUT2D eigenvalue weighted by molar-refractivity contribution is 5.95. The lowest BCUT2D eigenvalue weighted by Crippen LogP contribution is -2.45. The van der Waals surface area contributed by atoms with Crippen molar-refractivity contribution in [3.05, 3.63) is 29.3 Å². The highest BCUT2D eigenvalue weighted by Gasteiger charge is 2.21. The number of hydrogen-bond donors (Lipinski definition) is 2. The molecule has 0 aliphatic heterocycles. The van der Waals surface area contributed by atoms with Crippen LogP contribution in [-0.2, 0) is 0 Å². The Morgan fingerprint density at radius 1 is 1.30 bits per heavy atom. The fourth-order valence-electron chi connectivity index (χ4n) is 1.80. The summed E-state index contributed by atoms with van der Waals surface area (Å²) in [5.41, 5.74) is 4.88. The number of halogens is 2. The van der Waals surface area contributed by atoms with E-state index in [-0.39, 0.29) is 23.2 Å². The molecule has 1 aromatic rings. The van der Waals surface area contributed by atoms with Crippen LogP contribution in [0.15, 0.2) is 12.1 Å². The van der Waals surface area contributed by atoms with Gasteiger partial charge < -0.3 is 16.0 Å². The molecular weight excluding hydrogens is 264 g/mol. The molecule has 0 aliphatic rings. The number of anilines is 1. The minimum absolute atomic E-state index is 0.136. The van der Waals surface area contributed by atoms with Gasteiger partial charge in [-0.25, -0.2) is 8.78 Å². The standard InChI is InChI=1S/C14H21F2N3O/c1-8(2)13(7-19(3)4)18-14(20)9-5-12(17)11(16)6-10(9)15/h5-6,8,13H,7,17H2,1-4H3,(H,18,20). The van der Waals surface area contributed by atoms with E-state index in [1.54, 1.807) is 0 Å². The number of nitrogens with zero attached hydrogens (tertiary/aromatic N) is 1. The van der Waals surface area contributed by atoms with Crippen molar-refractivity contribution in [3.8, 4) is 0 Å². The maximum atomic E-state index is 13.6. The van der Waals surface area contributed by atoms with Crippen molar-refractivity contribution in [1.82, 2.24) is 10.2 Å². The van der Waals surface area contributed by atoms with Gasteiger partial charge in [0, 0.05) is 18.7 Å². The van der Waals surface area contributed by atoms with Crippen molar-refractivity contribution in [3.63, 3.8) is 0 Å². The monoisotopic (exact) mass is 285 g/mol. The lowest BCUT2D eigenvalue weighted by atomic mass is 10.0. The molecule has 0 aliphatic carbocycles. The lowest BCUT2D eigenvalue weighted by molar-refractivity contribution is 0.0912. The van der Waals surface area contributed by atoms with E-state index in [0.29, 0.717) is 12.6 Å². The molecule has 20 heavy (non-hydrogen) atoms.